The molecule has 0 fully saturated rings. The van der Waals surface area contributed by atoms with Crippen LogP contribution in [-0.2, 0) is 0 Å². The summed E-state index contributed by atoms with van der Waals surface area (Å²) in [5.41, 5.74) is 6.10. The van der Waals surface area contributed by atoms with Gasteiger partial charge in [-0.05, 0) is 23.4 Å². The maximum absolute atomic E-state index is 10.4. The van der Waals surface area contributed by atoms with Gasteiger partial charge in [0, 0.05) is 5.69 Å². The van der Waals surface area contributed by atoms with Crippen LogP contribution >= 0.6 is 11.6 Å². The van der Waals surface area contributed by atoms with Gasteiger partial charge in [0.25, 0.3) is 0 Å². The molecule has 4 N–H and O–H groups in total. The number of nitrogen functional groups attached to an aromatic ring is 1. The first-order chi connectivity index (χ1) is 7.69. The fourth-order valence-corrected chi connectivity index (χ4v) is 1.27. The Kier molecular flexibility index (Phi) is 2.69. The summed E-state index contributed by atoms with van der Waals surface area (Å²) in [7, 11) is 0. The van der Waals surface area contributed by atoms with Crippen molar-refractivity contribution in [3.63, 3.8) is 0 Å². The first-order valence-electron chi connectivity index (χ1n) is 4.27. The van der Waals surface area contributed by atoms with Gasteiger partial charge in [0.05, 0.1) is 5.02 Å². The lowest BCUT2D eigenvalue weighted by Crippen LogP contribution is -1.92. The molecular formula is C8H7ClN6O. The fourth-order valence-electron chi connectivity index (χ4n) is 1.12. The van der Waals surface area contributed by atoms with Gasteiger partial charge >= 0.3 is 0 Å². The Morgan fingerprint density at radius 3 is 2.94 bits per heavy atom. The number of rotatable bonds is 3. The van der Waals surface area contributed by atoms with Crippen molar-refractivity contribution >= 4 is 34.9 Å². The van der Waals surface area contributed by atoms with Gasteiger partial charge < -0.3 is 11.1 Å². The molecule has 0 unspecified atom stereocenters. The van der Waals surface area contributed by atoms with E-state index in [9.17, 15) is 4.91 Å². The van der Waals surface area contributed by atoms with Crippen LogP contribution in [0.4, 0.5) is 23.3 Å². The van der Waals surface area contributed by atoms with Gasteiger partial charge in [-0.2, -0.15) is 4.98 Å². The summed E-state index contributed by atoms with van der Waals surface area (Å²) in [5, 5.41) is 12.2. The maximum atomic E-state index is 10.4. The van der Waals surface area contributed by atoms with E-state index in [1.807, 2.05) is 0 Å². The molecule has 0 atom stereocenters. The van der Waals surface area contributed by atoms with Gasteiger partial charge in [-0.25, -0.2) is 5.10 Å². The number of benzene rings is 1. The average molecular weight is 239 g/mol. The molecule has 82 valence electrons. The van der Waals surface area contributed by atoms with Crippen molar-refractivity contribution in [1.82, 2.24) is 15.2 Å². The highest BCUT2D eigenvalue weighted by atomic mass is 35.5. The van der Waals surface area contributed by atoms with Gasteiger partial charge in [0.15, 0.2) is 0 Å². The van der Waals surface area contributed by atoms with Crippen LogP contribution in [0.5, 0.6) is 0 Å². The number of halogens is 1. The van der Waals surface area contributed by atoms with Crippen molar-refractivity contribution in [1.29, 1.82) is 0 Å². The van der Waals surface area contributed by atoms with E-state index < -0.39 is 0 Å². The number of nitrogens with zero attached hydrogens (tertiary/aromatic N) is 3. The van der Waals surface area contributed by atoms with Crippen LogP contribution in [0.15, 0.2) is 23.4 Å². The molecule has 0 spiro atoms. The number of nitroso groups, excluding NO2 is 1. The Labute approximate surface area is 95.0 Å². The molecule has 2 rings (SSSR count). The van der Waals surface area contributed by atoms with Crippen LogP contribution in [0.2, 0.25) is 5.02 Å². The number of hydrogen-bond acceptors (Lipinski definition) is 6. The summed E-state index contributed by atoms with van der Waals surface area (Å²) in [6.45, 7) is 0. The summed E-state index contributed by atoms with van der Waals surface area (Å²) >= 11 is 5.72. The van der Waals surface area contributed by atoms with Crippen molar-refractivity contribution in [3.8, 4) is 0 Å². The molecule has 0 aliphatic rings. The topological polar surface area (TPSA) is 109 Å². The molecule has 2 aromatic rings. The molecule has 0 saturated carbocycles. The van der Waals surface area contributed by atoms with Gasteiger partial charge in [-0.1, -0.05) is 11.6 Å². The SMILES string of the molecule is Nc1nc(Nc2ccc(Cl)c(N=O)c2)n[nH]1. The molecule has 1 aromatic heterocycles. The summed E-state index contributed by atoms with van der Waals surface area (Å²) in [6.07, 6.45) is 0. The van der Waals surface area contributed by atoms with Crippen molar-refractivity contribution in [2.75, 3.05) is 11.1 Å². The van der Waals surface area contributed by atoms with Crippen LogP contribution in [-0.4, -0.2) is 15.2 Å². The summed E-state index contributed by atoms with van der Waals surface area (Å²) in [6, 6.07) is 4.71. The fraction of sp³-hybridized carbons (Fsp3) is 0. The van der Waals surface area contributed by atoms with E-state index in [-0.39, 0.29) is 16.7 Å². The third-order valence-electron chi connectivity index (χ3n) is 1.80. The van der Waals surface area contributed by atoms with Gasteiger partial charge in [-0.15, -0.1) is 10.0 Å². The molecule has 8 heteroatoms. The van der Waals surface area contributed by atoms with Gasteiger partial charge in [-0.3, -0.25) is 0 Å². The van der Waals surface area contributed by atoms with E-state index in [1.165, 1.54) is 6.07 Å². The second-order valence-corrected chi connectivity index (χ2v) is 3.33. The monoisotopic (exact) mass is 238 g/mol. The molecule has 0 bridgehead atoms. The largest absolute Gasteiger partial charge is 0.368 e. The Balaban J connectivity index is 2.25. The average Bonchev–Trinajstić information content (AvgIpc) is 2.67. The van der Waals surface area contributed by atoms with Crippen LogP contribution in [0.3, 0.4) is 0 Å². The Bertz CT molecular complexity index is 525. The number of anilines is 3. The van der Waals surface area contributed by atoms with E-state index in [0.717, 1.165) is 0 Å². The standard InChI is InChI=1S/C8H7ClN6O/c9-5-2-1-4(3-6(5)15-16)11-8-12-7(10)13-14-8/h1-3H,(H4,10,11,12,13,14). The summed E-state index contributed by atoms with van der Waals surface area (Å²) < 4.78 is 0. The Morgan fingerprint density at radius 1 is 1.50 bits per heavy atom. The van der Waals surface area contributed by atoms with Crippen LogP contribution in [0.25, 0.3) is 0 Å². The molecular weight excluding hydrogens is 232 g/mol. The zero-order valence-corrected chi connectivity index (χ0v) is 8.69. The molecule has 0 aliphatic heterocycles. The van der Waals surface area contributed by atoms with Crippen molar-refractivity contribution in [2.24, 2.45) is 5.18 Å². The third-order valence-corrected chi connectivity index (χ3v) is 2.12. The second kappa shape index (κ2) is 4.15. The van der Waals surface area contributed by atoms with Gasteiger partial charge in [0.1, 0.15) is 5.69 Å². The number of hydrogen-bond donors (Lipinski definition) is 3. The zero-order valence-electron chi connectivity index (χ0n) is 7.94. The first-order valence-corrected chi connectivity index (χ1v) is 4.64. The number of nitrogens with one attached hydrogen (secondary N) is 2. The van der Waals surface area contributed by atoms with E-state index in [1.54, 1.807) is 12.1 Å². The number of H-pyrrole nitrogens is 1. The van der Waals surface area contributed by atoms with Crippen molar-refractivity contribution < 1.29 is 0 Å². The number of nitrogens with two attached hydrogens (primary N) is 1. The molecule has 7 nitrogen and oxygen atoms in total. The molecule has 0 amide bonds. The van der Waals surface area contributed by atoms with E-state index in [2.05, 4.69) is 25.7 Å². The second-order valence-electron chi connectivity index (χ2n) is 2.93. The molecule has 0 radical (unpaired) electrons. The van der Waals surface area contributed by atoms with E-state index >= 15 is 0 Å². The summed E-state index contributed by atoms with van der Waals surface area (Å²) in [4.78, 5) is 14.3. The van der Waals surface area contributed by atoms with Crippen molar-refractivity contribution in [2.45, 2.75) is 0 Å². The molecule has 16 heavy (non-hydrogen) atoms. The minimum atomic E-state index is 0.148. The molecule has 0 aliphatic carbocycles. The quantitative estimate of drug-likeness (QED) is 0.710. The smallest absolute Gasteiger partial charge is 0.248 e. The summed E-state index contributed by atoms with van der Waals surface area (Å²) in [5.74, 6) is 0.502. The van der Waals surface area contributed by atoms with Crippen LogP contribution in [0, 0.1) is 4.91 Å². The zero-order chi connectivity index (χ0) is 11.5. The minimum Gasteiger partial charge on any atom is -0.368 e. The molecule has 1 heterocycles. The van der Waals surface area contributed by atoms with Crippen molar-refractivity contribution in [3.05, 3.63) is 28.1 Å². The maximum Gasteiger partial charge on any atom is 0.248 e. The van der Waals surface area contributed by atoms with Crippen LogP contribution < -0.4 is 11.1 Å². The lowest BCUT2D eigenvalue weighted by Gasteiger charge is -2.02. The number of aromatic nitrogens is 3. The Hall–Kier alpha value is -2.15. The van der Waals surface area contributed by atoms with Gasteiger partial charge in [0.2, 0.25) is 11.9 Å². The highest BCUT2D eigenvalue weighted by molar-refractivity contribution is 6.33. The normalized spacial score (nSPS) is 10.1. The highest BCUT2D eigenvalue weighted by Crippen LogP contribution is 2.28. The number of aromatic amines is 1. The van der Waals surface area contributed by atoms with E-state index in [4.69, 9.17) is 17.3 Å². The Morgan fingerprint density at radius 2 is 2.31 bits per heavy atom. The lowest BCUT2D eigenvalue weighted by atomic mass is 10.3. The molecule has 1 aromatic carbocycles. The van der Waals surface area contributed by atoms with Crippen LogP contribution in [0.1, 0.15) is 0 Å². The first kappa shape index (κ1) is 10.4. The predicted molar refractivity (Wildman–Crippen MR) is 61.0 cm³/mol. The molecule has 0 saturated heterocycles. The van der Waals surface area contributed by atoms with E-state index in [0.29, 0.717) is 11.6 Å². The lowest BCUT2D eigenvalue weighted by molar-refractivity contribution is 1.10. The minimum absolute atomic E-state index is 0.148. The third kappa shape index (κ3) is 2.09. The predicted octanol–water partition coefficient (Wildman–Crippen LogP) is 2.18. The highest BCUT2D eigenvalue weighted by Gasteiger charge is 2.04.